The van der Waals surface area contributed by atoms with Gasteiger partial charge in [0.2, 0.25) is 10.0 Å². The van der Waals surface area contributed by atoms with Crippen LogP contribution in [0.15, 0.2) is 65.8 Å². The third kappa shape index (κ3) is 5.46. The Labute approximate surface area is 199 Å². The van der Waals surface area contributed by atoms with Gasteiger partial charge in [0.25, 0.3) is 5.91 Å². The first-order chi connectivity index (χ1) is 16.2. The molecule has 1 fully saturated rings. The molecule has 3 aromatic rings. The van der Waals surface area contributed by atoms with Crippen molar-refractivity contribution in [2.24, 2.45) is 7.05 Å². The highest BCUT2D eigenvalue weighted by Gasteiger charge is 2.32. The van der Waals surface area contributed by atoms with Crippen LogP contribution in [0.5, 0.6) is 5.75 Å². The van der Waals surface area contributed by atoms with Crippen LogP contribution in [0.2, 0.25) is 0 Å². The molecule has 180 valence electrons. The highest BCUT2D eigenvalue weighted by molar-refractivity contribution is 7.89. The second-order valence-corrected chi connectivity index (χ2v) is 10.3. The predicted octanol–water partition coefficient (Wildman–Crippen LogP) is 3.05. The molecule has 1 aliphatic heterocycles. The lowest BCUT2D eigenvalue weighted by Gasteiger charge is -2.34. The molecule has 0 radical (unpaired) electrons. The van der Waals surface area contributed by atoms with Gasteiger partial charge in [-0.15, -0.1) is 0 Å². The number of aryl methyl sites for hydroxylation is 1. The van der Waals surface area contributed by atoms with Gasteiger partial charge in [0, 0.05) is 43.8 Å². The smallest absolute Gasteiger partial charge is 0.255 e. The number of aromatic nitrogens is 2. The van der Waals surface area contributed by atoms with Crippen molar-refractivity contribution >= 4 is 21.6 Å². The number of anilines is 1. The van der Waals surface area contributed by atoms with E-state index in [9.17, 15) is 13.2 Å². The summed E-state index contributed by atoms with van der Waals surface area (Å²) in [6, 6.07) is 13.0. The Morgan fingerprint density at radius 3 is 2.32 bits per heavy atom. The van der Waals surface area contributed by atoms with Crippen LogP contribution in [0, 0.1) is 0 Å². The minimum atomic E-state index is -3.63. The molecule has 2 atom stereocenters. The molecular weight excluding hydrogens is 456 g/mol. The van der Waals surface area contributed by atoms with Crippen molar-refractivity contribution in [1.82, 2.24) is 13.9 Å². The van der Waals surface area contributed by atoms with Gasteiger partial charge >= 0.3 is 0 Å². The third-order valence-corrected chi connectivity index (χ3v) is 7.39. The summed E-state index contributed by atoms with van der Waals surface area (Å²) in [6.45, 7) is 4.66. The van der Waals surface area contributed by atoms with Crippen molar-refractivity contribution in [2.45, 2.75) is 37.6 Å². The highest BCUT2D eigenvalue weighted by Crippen LogP contribution is 2.23. The average molecular weight is 485 g/mol. The Balaban J connectivity index is 1.36. The number of rotatable bonds is 7. The zero-order chi connectivity index (χ0) is 24.3. The van der Waals surface area contributed by atoms with Crippen molar-refractivity contribution in [3.63, 3.8) is 0 Å². The van der Waals surface area contributed by atoms with Crippen LogP contribution in [-0.4, -0.2) is 53.5 Å². The Morgan fingerprint density at radius 1 is 1.09 bits per heavy atom. The molecule has 1 aliphatic rings. The second kappa shape index (κ2) is 9.96. The van der Waals surface area contributed by atoms with E-state index in [2.05, 4.69) is 10.3 Å². The Hall–Kier alpha value is -3.21. The largest absolute Gasteiger partial charge is 0.486 e. The molecule has 4 rings (SSSR count). The average Bonchev–Trinajstić information content (AvgIpc) is 3.22. The first kappa shape index (κ1) is 23.9. The minimum Gasteiger partial charge on any atom is -0.486 e. The number of ether oxygens (including phenoxy) is 2. The molecule has 1 N–H and O–H groups in total. The van der Waals surface area contributed by atoms with Gasteiger partial charge in [-0.2, -0.15) is 4.31 Å². The number of nitrogens with zero attached hydrogens (tertiary/aromatic N) is 3. The van der Waals surface area contributed by atoms with Crippen molar-refractivity contribution in [1.29, 1.82) is 0 Å². The number of hydrogen-bond donors (Lipinski definition) is 1. The fraction of sp³-hybridized carbons (Fsp3) is 0.333. The van der Waals surface area contributed by atoms with Crippen LogP contribution < -0.4 is 10.1 Å². The molecule has 2 unspecified atom stereocenters. The van der Waals surface area contributed by atoms with E-state index in [0.717, 1.165) is 5.82 Å². The lowest BCUT2D eigenvalue weighted by molar-refractivity contribution is -0.0440. The summed E-state index contributed by atoms with van der Waals surface area (Å²) in [5.41, 5.74) is 0.958. The number of amides is 1. The van der Waals surface area contributed by atoms with E-state index in [1.54, 1.807) is 42.6 Å². The van der Waals surface area contributed by atoms with E-state index in [1.807, 2.05) is 31.7 Å². The van der Waals surface area contributed by atoms with Gasteiger partial charge < -0.3 is 19.4 Å². The maximum absolute atomic E-state index is 13.0. The summed E-state index contributed by atoms with van der Waals surface area (Å²) < 4.78 is 40.6. The molecule has 34 heavy (non-hydrogen) atoms. The lowest BCUT2D eigenvalue weighted by atomic mass is 10.2. The van der Waals surface area contributed by atoms with Crippen LogP contribution in [0.3, 0.4) is 0 Å². The van der Waals surface area contributed by atoms with Crippen molar-refractivity contribution in [2.75, 3.05) is 18.4 Å². The number of sulfonamides is 1. The van der Waals surface area contributed by atoms with E-state index in [4.69, 9.17) is 9.47 Å². The van der Waals surface area contributed by atoms with Crippen LogP contribution in [-0.2, 0) is 28.4 Å². The van der Waals surface area contributed by atoms with E-state index < -0.39 is 10.0 Å². The molecule has 2 aromatic carbocycles. The molecule has 9 nitrogen and oxygen atoms in total. The van der Waals surface area contributed by atoms with Gasteiger partial charge in [0.05, 0.1) is 17.1 Å². The summed E-state index contributed by atoms with van der Waals surface area (Å²) in [5.74, 6) is 1.12. The molecule has 1 saturated heterocycles. The quantitative estimate of drug-likeness (QED) is 0.553. The number of morpholine rings is 1. The molecule has 2 heterocycles. The molecule has 0 aliphatic carbocycles. The number of carbonyl (C=O) groups is 1. The summed E-state index contributed by atoms with van der Waals surface area (Å²) in [6.07, 6.45) is 3.22. The predicted molar refractivity (Wildman–Crippen MR) is 127 cm³/mol. The van der Waals surface area contributed by atoms with Crippen LogP contribution >= 0.6 is 0 Å². The summed E-state index contributed by atoms with van der Waals surface area (Å²) in [4.78, 5) is 17.0. The van der Waals surface area contributed by atoms with E-state index in [0.29, 0.717) is 36.7 Å². The van der Waals surface area contributed by atoms with Gasteiger partial charge in [0.1, 0.15) is 18.2 Å². The number of nitrogens with one attached hydrogen (secondary N) is 1. The standard InChI is InChI=1S/C24H28N4O5S/c1-17-14-28(15-18(2)33-17)34(30,31)22-10-6-20(7-11-22)26-24(29)19-4-8-21(9-5-19)32-16-23-25-12-13-27(23)3/h4-13,17-18H,14-16H2,1-3H3,(H,26,29). The molecule has 1 amide bonds. The Bertz CT molecular complexity index is 1230. The molecule has 0 bridgehead atoms. The van der Waals surface area contributed by atoms with E-state index in [1.165, 1.54) is 16.4 Å². The molecule has 10 heteroatoms. The number of benzene rings is 2. The number of imidazole rings is 1. The first-order valence-corrected chi connectivity index (χ1v) is 12.4. The summed E-state index contributed by atoms with van der Waals surface area (Å²) in [5, 5.41) is 2.79. The Morgan fingerprint density at radius 2 is 1.74 bits per heavy atom. The van der Waals surface area contributed by atoms with Gasteiger partial charge in [-0.3, -0.25) is 4.79 Å². The van der Waals surface area contributed by atoms with Crippen molar-refractivity contribution in [3.05, 3.63) is 72.3 Å². The number of hydrogen-bond acceptors (Lipinski definition) is 6. The van der Waals surface area contributed by atoms with Crippen LogP contribution in [0.25, 0.3) is 0 Å². The summed E-state index contributed by atoms with van der Waals surface area (Å²) >= 11 is 0. The number of carbonyl (C=O) groups excluding carboxylic acids is 1. The lowest BCUT2D eigenvalue weighted by Crippen LogP contribution is -2.48. The second-order valence-electron chi connectivity index (χ2n) is 8.33. The van der Waals surface area contributed by atoms with E-state index >= 15 is 0 Å². The van der Waals surface area contributed by atoms with Gasteiger partial charge in [-0.1, -0.05) is 0 Å². The fourth-order valence-corrected chi connectivity index (χ4v) is 5.37. The zero-order valence-corrected chi connectivity index (χ0v) is 20.2. The van der Waals surface area contributed by atoms with Gasteiger partial charge in [-0.25, -0.2) is 13.4 Å². The SMILES string of the molecule is CC1CN(S(=O)(=O)c2ccc(NC(=O)c3ccc(OCc4nccn4C)cc3)cc2)CC(C)O1. The topological polar surface area (TPSA) is 103 Å². The molecule has 1 aromatic heterocycles. The maximum Gasteiger partial charge on any atom is 0.255 e. The fourth-order valence-electron chi connectivity index (χ4n) is 3.78. The van der Waals surface area contributed by atoms with Gasteiger partial charge in [0.15, 0.2) is 0 Å². The van der Waals surface area contributed by atoms with Crippen molar-refractivity contribution < 1.29 is 22.7 Å². The normalized spacial score (nSPS) is 19.0. The van der Waals surface area contributed by atoms with Crippen molar-refractivity contribution in [3.8, 4) is 5.75 Å². The summed E-state index contributed by atoms with van der Waals surface area (Å²) in [7, 11) is -1.74. The Kier molecular flexibility index (Phi) is 7.01. The van der Waals surface area contributed by atoms with Crippen LogP contribution in [0.1, 0.15) is 30.0 Å². The first-order valence-electron chi connectivity index (χ1n) is 11.0. The minimum absolute atomic E-state index is 0.163. The maximum atomic E-state index is 13.0. The molecule has 0 saturated carbocycles. The molecule has 0 spiro atoms. The zero-order valence-electron chi connectivity index (χ0n) is 19.3. The van der Waals surface area contributed by atoms with Crippen LogP contribution in [0.4, 0.5) is 5.69 Å². The molecular formula is C24H28N4O5S. The monoisotopic (exact) mass is 484 g/mol. The van der Waals surface area contributed by atoms with E-state index in [-0.39, 0.29) is 23.0 Å². The third-order valence-electron chi connectivity index (χ3n) is 5.54. The van der Waals surface area contributed by atoms with Gasteiger partial charge in [-0.05, 0) is 62.4 Å². The highest BCUT2D eigenvalue weighted by atomic mass is 32.2.